The normalized spacial score (nSPS) is 13.6. The van der Waals surface area contributed by atoms with Crippen molar-refractivity contribution in [3.63, 3.8) is 0 Å². The van der Waals surface area contributed by atoms with Crippen molar-refractivity contribution in [3.05, 3.63) is 81.5 Å². The van der Waals surface area contributed by atoms with Gasteiger partial charge in [-0.2, -0.15) is 13.2 Å². The summed E-state index contributed by atoms with van der Waals surface area (Å²) in [5.41, 5.74) is 8.20. The lowest BCUT2D eigenvalue weighted by Gasteiger charge is -2.22. The Morgan fingerprint density at radius 2 is 1.52 bits per heavy atom. The second kappa shape index (κ2) is 7.23. The van der Waals surface area contributed by atoms with Gasteiger partial charge in [-0.15, -0.1) is 0 Å². The zero-order chi connectivity index (χ0) is 18.6. The maximum absolute atomic E-state index is 13.1. The zero-order valence-corrected chi connectivity index (χ0v) is 12.5. The molecule has 0 radical (unpaired) electrons. The summed E-state index contributed by atoms with van der Waals surface area (Å²) in [5, 5.41) is 12.6. The molecule has 0 fully saturated rings. The molecule has 25 heavy (non-hydrogen) atoms. The van der Waals surface area contributed by atoms with E-state index in [9.17, 15) is 27.5 Å². The number of benzene rings is 2. The fourth-order valence-electron chi connectivity index (χ4n) is 2.42. The first-order valence-electron chi connectivity index (χ1n) is 6.93. The van der Waals surface area contributed by atoms with Gasteiger partial charge in [-0.3, -0.25) is 4.79 Å². The van der Waals surface area contributed by atoms with Crippen molar-refractivity contribution in [2.45, 2.75) is 18.1 Å². The molecule has 1 N–H and O–H groups in total. The van der Waals surface area contributed by atoms with E-state index in [1.165, 1.54) is 12.1 Å². The van der Waals surface area contributed by atoms with E-state index in [-0.39, 0.29) is 5.56 Å². The van der Waals surface area contributed by atoms with E-state index in [1.807, 2.05) is 0 Å². The van der Waals surface area contributed by atoms with Gasteiger partial charge in [0, 0.05) is 10.8 Å². The summed E-state index contributed by atoms with van der Waals surface area (Å²) >= 11 is 0. The van der Waals surface area contributed by atoms with E-state index in [1.54, 1.807) is 0 Å². The fraction of sp³-hybridized carbons (Fsp3) is 0.188. The van der Waals surface area contributed by atoms with Crippen LogP contribution < -0.4 is 0 Å². The minimum Gasteiger partial charge on any atom is -0.481 e. The van der Waals surface area contributed by atoms with Crippen LogP contribution in [-0.2, 0) is 11.0 Å². The molecule has 2 aromatic carbocycles. The standard InChI is InChI=1S/C16H11F4N3O2/c17-12-7-3-10(4-8-12)13(14(15(24)25)22-23-21)9-1-5-11(6-2-9)16(18,19)20/h1-8,13-14H,(H,24,25)/t13-,14+/m1/s1. The van der Waals surface area contributed by atoms with Crippen LogP contribution in [0, 0.1) is 5.82 Å². The highest BCUT2D eigenvalue weighted by Gasteiger charge is 2.33. The van der Waals surface area contributed by atoms with Crippen molar-refractivity contribution in [2.75, 3.05) is 0 Å². The van der Waals surface area contributed by atoms with Gasteiger partial charge < -0.3 is 5.11 Å². The third-order valence-electron chi connectivity index (χ3n) is 3.57. The first-order chi connectivity index (χ1) is 11.7. The first-order valence-corrected chi connectivity index (χ1v) is 6.93. The van der Waals surface area contributed by atoms with Crippen molar-refractivity contribution in [1.82, 2.24) is 0 Å². The number of carboxylic acid groups (broad SMARTS) is 1. The van der Waals surface area contributed by atoms with Crippen LogP contribution in [0.5, 0.6) is 0 Å². The lowest BCUT2D eigenvalue weighted by atomic mass is 9.85. The van der Waals surface area contributed by atoms with Crippen LogP contribution in [-0.4, -0.2) is 17.1 Å². The van der Waals surface area contributed by atoms with Crippen molar-refractivity contribution in [2.24, 2.45) is 5.11 Å². The van der Waals surface area contributed by atoms with Gasteiger partial charge in [0.2, 0.25) is 0 Å². The zero-order valence-electron chi connectivity index (χ0n) is 12.5. The van der Waals surface area contributed by atoms with Gasteiger partial charge >= 0.3 is 12.1 Å². The van der Waals surface area contributed by atoms with Gasteiger partial charge in [0.05, 0.1) is 5.56 Å². The Morgan fingerprint density at radius 3 is 1.92 bits per heavy atom. The summed E-state index contributed by atoms with van der Waals surface area (Å²) in [6, 6.07) is 6.98. The third-order valence-corrected chi connectivity index (χ3v) is 3.57. The number of nitrogens with zero attached hydrogens (tertiary/aromatic N) is 3. The van der Waals surface area contributed by atoms with E-state index >= 15 is 0 Å². The van der Waals surface area contributed by atoms with Gasteiger partial charge in [-0.1, -0.05) is 29.4 Å². The molecule has 0 bridgehead atoms. The summed E-state index contributed by atoms with van der Waals surface area (Å²) in [7, 11) is 0. The topological polar surface area (TPSA) is 86.1 Å². The van der Waals surface area contributed by atoms with E-state index in [4.69, 9.17) is 5.53 Å². The maximum atomic E-state index is 13.1. The van der Waals surface area contributed by atoms with Crippen LogP contribution in [0.15, 0.2) is 53.6 Å². The Balaban J connectivity index is 2.56. The van der Waals surface area contributed by atoms with Crippen LogP contribution in [0.4, 0.5) is 17.6 Å². The summed E-state index contributed by atoms with van der Waals surface area (Å²) in [6.45, 7) is 0. The molecule has 0 aliphatic carbocycles. The van der Waals surface area contributed by atoms with Crippen molar-refractivity contribution < 1.29 is 27.5 Å². The van der Waals surface area contributed by atoms with E-state index in [0.29, 0.717) is 5.56 Å². The first kappa shape index (κ1) is 18.3. The Labute approximate surface area is 139 Å². The average Bonchev–Trinajstić information content (AvgIpc) is 2.55. The smallest absolute Gasteiger partial charge is 0.416 e. The molecule has 0 heterocycles. The summed E-state index contributed by atoms with van der Waals surface area (Å²) in [4.78, 5) is 13.9. The number of azide groups is 1. The van der Waals surface area contributed by atoms with Crippen LogP contribution in [0.2, 0.25) is 0 Å². The third kappa shape index (κ3) is 4.27. The molecule has 0 unspecified atom stereocenters. The second-order valence-electron chi connectivity index (χ2n) is 5.14. The predicted molar refractivity (Wildman–Crippen MR) is 80.3 cm³/mol. The minimum absolute atomic E-state index is 0.194. The number of hydrogen-bond acceptors (Lipinski definition) is 2. The molecule has 0 aliphatic heterocycles. The molecule has 0 saturated heterocycles. The number of alkyl halides is 3. The molecule has 0 aliphatic rings. The molecule has 2 atom stereocenters. The maximum Gasteiger partial charge on any atom is 0.416 e. The summed E-state index contributed by atoms with van der Waals surface area (Å²) in [6.07, 6.45) is -4.54. The molecule has 9 heteroatoms. The number of aliphatic carboxylic acids is 1. The van der Waals surface area contributed by atoms with Crippen LogP contribution in [0.25, 0.3) is 10.4 Å². The number of hydrogen-bond donors (Lipinski definition) is 1. The van der Waals surface area contributed by atoms with Crippen LogP contribution in [0.3, 0.4) is 0 Å². The fourth-order valence-corrected chi connectivity index (χ4v) is 2.42. The van der Waals surface area contributed by atoms with Crippen molar-refractivity contribution in [1.29, 1.82) is 0 Å². The largest absolute Gasteiger partial charge is 0.481 e. The number of carboxylic acids is 1. The Hall–Kier alpha value is -3.06. The lowest BCUT2D eigenvalue weighted by molar-refractivity contribution is -0.139. The Bertz CT molecular complexity index is 796. The molecule has 0 spiro atoms. The average molecular weight is 353 g/mol. The molecule has 2 rings (SSSR count). The number of rotatable bonds is 5. The second-order valence-corrected chi connectivity index (χ2v) is 5.14. The number of halogens is 4. The SMILES string of the molecule is [N-]=[N+]=N[C@H](C(=O)O)[C@@H](c1ccc(F)cc1)c1ccc(C(F)(F)F)cc1. The highest BCUT2D eigenvalue weighted by atomic mass is 19.4. The summed E-state index contributed by atoms with van der Waals surface area (Å²) in [5.74, 6) is -3.09. The van der Waals surface area contributed by atoms with Crippen molar-refractivity contribution >= 4 is 5.97 Å². The Morgan fingerprint density at radius 1 is 1.04 bits per heavy atom. The van der Waals surface area contributed by atoms with Crippen molar-refractivity contribution in [3.8, 4) is 0 Å². The van der Waals surface area contributed by atoms with Gasteiger partial charge in [-0.05, 0) is 40.9 Å². The van der Waals surface area contributed by atoms with Gasteiger partial charge in [0.25, 0.3) is 0 Å². The molecule has 0 aromatic heterocycles. The predicted octanol–water partition coefficient (Wildman–Crippen LogP) is 4.74. The van der Waals surface area contributed by atoms with E-state index < -0.39 is 35.5 Å². The van der Waals surface area contributed by atoms with Gasteiger partial charge in [-0.25, -0.2) is 4.39 Å². The summed E-state index contributed by atoms with van der Waals surface area (Å²) < 4.78 is 51.2. The molecular weight excluding hydrogens is 342 g/mol. The monoisotopic (exact) mass is 353 g/mol. The van der Waals surface area contributed by atoms with Crippen LogP contribution in [0.1, 0.15) is 22.6 Å². The molecular formula is C16H11F4N3O2. The van der Waals surface area contributed by atoms with Gasteiger partial charge in [0.15, 0.2) is 0 Å². The Kier molecular flexibility index (Phi) is 5.29. The lowest BCUT2D eigenvalue weighted by Crippen LogP contribution is -2.26. The van der Waals surface area contributed by atoms with Crippen LogP contribution >= 0.6 is 0 Å². The molecule has 2 aromatic rings. The van der Waals surface area contributed by atoms with E-state index in [2.05, 4.69) is 10.0 Å². The highest BCUT2D eigenvalue weighted by Crippen LogP contribution is 2.34. The number of carbonyl (C=O) groups is 1. The highest BCUT2D eigenvalue weighted by molar-refractivity contribution is 5.76. The molecule has 5 nitrogen and oxygen atoms in total. The van der Waals surface area contributed by atoms with E-state index in [0.717, 1.165) is 36.4 Å². The molecule has 0 amide bonds. The molecule has 130 valence electrons. The molecule has 0 saturated carbocycles. The quantitative estimate of drug-likeness (QED) is 0.364. The minimum atomic E-state index is -4.54. The van der Waals surface area contributed by atoms with Gasteiger partial charge in [0.1, 0.15) is 11.9 Å².